The Morgan fingerprint density at radius 2 is 1.93 bits per heavy atom. The number of nitrogens with zero attached hydrogens (tertiary/aromatic N) is 1. The van der Waals surface area contributed by atoms with Gasteiger partial charge in [-0.05, 0) is 24.6 Å². The Morgan fingerprint density at radius 1 is 1.27 bits per heavy atom. The number of aliphatic hydroxyl groups is 1. The Morgan fingerprint density at radius 3 is 2.33 bits per heavy atom. The zero-order valence-corrected chi connectivity index (χ0v) is 9.28. The topological polar surface area (TPSA) is 23.5 Å². The van der Waals surface area contributed by atoms with Crippen molar-refractivity contribution < 1.29 is 18.3 Å². The van der Waals surface area contributed by atoms with Crippen molar-refractivity contribution in [3.8, 4) is 0 Å². The zero-order chi connectivity index (χ0) is 11.3. The second kappa shape index (κ2) is 5.96. The molecule has 0 aliphatic heterocycles. The molecule has 0 aromatic carbocycles. The van der Waals surface area contributed by atoms with E-state index in [2.05, 4.69) is 0 Å². The van der Waals surface area contributed by atoms with Crippen LogP contribution in [-0.4, -0.2) is 47.0 Å². The summed E-state index contributed by atoms with van der Waals surface area (Å²) in [7, 11) is 0. The minimum Gasteiger partial charge on any atom is -0.395 e. The van der Waals surface area contributed by atoms with Gasteiger partial charge in [0.15, 0.2) is 0 Å². The van der Waals surface area contributed by atoms with Crippen molar-refractivity contribution >= 4 is 11.8 Å². The fraction of sp³-hybridized carbons (Fsp3) is 1.00. The standard InChI is InChI=1S/C9H16F3NOS/c10-9(11,12)15-7-5-13(4-6-14)8-2-1-3-8/h8,14H,1-7H2. The number of hydrogen-bond donors (Lipinski definition) is 1. The Hall–Kier alpha value is 0.0600. The number of rotatable bonds is 6. The summed E-state index contributed by atoms with van der Waals surface area (Å²) in [4.78, 5) is 1.96. The minimum absolute atomic E-state index is 0.0164. The molecule has 1 aliphatic rings. The molecular formula is C9H16F3NOS. The highest BCUT2D eigenvalue weighted by Gasteiger charge is 2.29. The molecule has 0 bridgehead atoms. The van der Waals surface area contributed by atoms with Crippen LogP contribution in [0.3, 0.4) is 0 Å². The van der Waals surface area contributed by atoms with Crippen LogP contribution in [0.5, 0.6) is 0 Å². The normalized spacial score (nSPS) is 18.2. The fourth-order valence-electron chi connectivity index (χ4n) is 1.64. The molecule has 1 fully saturated rings. The molecule has 1 saturated carbocycles. The van der Waals surface area contributed by atoms with Gasteiger partial charge in [-0.1, -0.05) is 6.42 Å². The van der Waals surface area contributed by atoms with Gasteiger partial charge in [0, 0.05) is 24.9 Å². The maximum Gasteiger partial charge on any atom is 0.441 e. The highest BCUT2D eigenvalue weighted by atomic mass is 32.2. The van der Waals surface area contributed by atoms with E-state index in [-0.39, 0.29) is 24.1 Å². The molecular weight excluding hydrogens is 227 g/mol. The molecule has 1 N–H and O–H groups in total. The van der Waals surface area contributed by atoms with E-state index in [0.717, 1.165) is 19.3 Å². The van der Waals surface area contributed by atoms with Gasteiger partial charge in [0.1, 0.15) is 0 Å². The Bertz CT molecular complexity index is 185. The molecule has 0 amide bonds. The quantitative estimate of drug-likeness (QED) is 0.772. The lowest BCUT2D eigenvalue weighted by Gasteiger charge is -2.37. The van der Waals surface area contributed by atoms with Crippen molar-refractivity contribution in [3.05, 3.63) is 0 Å². The molecule has 0 aromatic rings. The first-order valence-electron chi connectivity index (χ1n) is 5.08. The number of alkyl halides is 3. The van der Waals surface area contributed by atoms with E-state index < -0.39 is 5.51 Å². The highest BCUT2D eigenvalue weighted by molar-refractivity contribution is 8.00. The summed E-state index contributed by atoms with van der Waals surface area (Å²) in [5.41, 5.74) is -4.13. The number of hydrogen-bond acceptors (Lipinski definition) is 3. The van der Waals surface area contributed by atoms with E-state index in [0.29, 0.717) is 19.1 Å². The number of aliphatic hydroxyl groups excluding tert-OH is 1. The molecule has 15 heavy (non-hydrogen) atoms. The van der Waals surface area contributed by atoms with Gasteiger partial charge in [0.25, 0.3) is 0 Å². The average molecular weight is 243 g/mol. The lowest BCUT2D eigenvalue weighted by atomic mass is 9.91. The van der Waals surface area contributed by atoms with Crippen LogP contribution >= 0.6 is 11.8 Å². The lowest BCUT2D eigenvalue weighted by molar-refractivity contribution is -0.0329. The van der Waals surface area contributed by atoms with Crippen LogP contribution in [0.1, 0.15) is 19.3 Å². The molecule has 0 atom stereocenters. The van der Waals surface area contributed by atoms with Crippen LogP contribution in [0.15, 0.2) is 0 Å². The van der Waals surface area contributed by atoms with Crippen LogP contribution < -0.4 is 0 Å². The van der Waals surface area contributed by atoms with Crippen molar-refractivity contribution in [2.24, 2.45) is 0 Å². The highest BCUT2D eigenvalue weighted by Crippen LogP contribution is 2.31. The van der Waals surface area contributed by atoms with E-state index >= 15 is 0 Å². The van der Waals surface area contributed by atoms with E-state index in [4.69, 9.17) is 5.11 Å². The molecule has 1 aliphatic carbocycles. The lowest BCUT2D eigenvalue weighted by Crippen LogP contribution is -2.43. The molecule has 0 unspecified atom stereocenters. The predicted molar refractivity (Wildman–Crippen MR) is 54.8 cm³/mol. The third-order valence-electron chi connectivity index (χ3n) is 2.62. The molecule has 2 nitrogen and oxygen atoms in total. The first-order chi connectivity index (χ1) is 7.03. The first-order valence-corrected chi connectivity index (χ1v) is 6.07. The molecule has 0 heterocycles. The average Bonchev–Trinajstić information content (AvgIpc) is 1.98. The van der Waals surface area contributed by atoms with E-state index in [1.54, 1.807) is 0 Å². The zero-order valence-electron chi connectivity index (χ0n) is 8.46. The monoisotopic (exact) mass is 243 g/mol. The summed E-state index contributed by atoms with van der Waals surface area (Å²) in [6.45, 7) is 0.922. The summed E-state index contributed by atoms with van der Waals surface area (Å²) >= 11 is 0.0164. The summed E-state index contributed by atoms with van der Waals surface area (Å²) in [6.07, 6.45) is 3.26. The number of halogens is 3. The third kappa shape index (κ3) is 5.08. The van der Waals surface area contributed by atoms with Crippen molar-refractivity contribution in [3.63, 3.8) is 0 Å². The van der Waals surface area contributed by atoms with Gasteiger partial charge < -0.3 is 5.11 Å². The summed E-state index contributed by atoms with van der Waals surface area (Å²) in [6, 6.07) is 0.394. The van der Waals surface area contributed by atoms with Crippen LogP contribution in [0.4, 0.5) is 13.2 Å². The second-order valence-corrected chi connectivity index (χ2v) is 4.80. The molecule has 0 spiro atoms. The first kappa shape index (κ1) is 13.1. The molecule has 1 rings (SSSR count). The maximum atomic E-state index is 11.9. The molecule has 0 saturated heterocycles. The van der Waals surface area contributed by atoms with Gasteiger partial charge in [-0.15, -0.1) is 0 Å². The van der Waals surface area contributed by atoms with E-state index in [1.165, 1.54) is 0 Å². The Balaban J connectivity index is 2.19. The van der Waals surface area contributed by atoms with Gasteiger partial charge in [0.05, 0.1) is 6.61 Å². The number of thioether (sulfide) groups is 1. The maximum absolute atomic E-state index is 11.9. The Labute approximate surface area is 91.8 Å². The van der Waals surface area contributed by atoms with Crippen molar-refractivity contribution in [2.75, 3.05) is 25.4 Å². The van der Waals surface area contributed by atoms with Crippen molar-refractivity contribution in [1.29, 1.82) is 0 Å². The molecule has 0 radical (unpaired) electrons. The second-order valence-electron chi connectivity index (χ2n) is 3.64. The summed E-state index contributed by atoms with van der Waals surface area (Å²) < 4.78 is 35.7. The van der Waals surface area contributed by atoms with Gasteiger partial charge in [-0.3, -0.25) is 4.90 Å². The largest absolute Gasteiger partial charge is 0.441 e. The van der Waals surface area contributed by atoms with Crippen LogP contribution in [0.25, 0.3) is 0 Å². The minimum atomic E-state index is -4.13. The van der Waals surface area contributed by atoms with Gasteiger partial charge in [-0.2, -0.15) is 13.2 Å². The molecule has 6 heteroatoms. The van der Waals surface area contributed by atoms with Gasteiger partial charge in [0.2, 0.25) is 0 Å². The summed E-state index contributed by atoms with van der Waals surface area (Å²) in [5.74, 6) is 0.0556. The van der Waals surface area contributed by atoms with Gasteiger partial charge in [-0.25, -0.2) is 0 Å². The van der Waals surface area contributed by atoms with E-state index in [1.807, 2.05) is 4.90 Å². The van der Waals surface area contributed by atoms with Crippen LogP contribution in [0, 0.1) is 0 Å². The smallest absolute Gasteiger partial charge is 0.395 e. The Kier molecular flexibility index (Phi) is 5.22. The van der Waals surface area contributed by atoms with Crippen LogP contribution in [0.2, 0.25) is 0 Å². The van der Waals surface area contributed by atoms with Crippen molar-refractivity contribution in [2.45, 2.75) is 30.8 Å². The fourth-order valence-corrected chi connectivity index (χ4v) is 2.19. The van der Waals surface area contributed by atoms with Crippen molar-refractivity contribution in [1.82, 2.24) is 4.90 Å². The third-order valence-corrected chi connectivity index (χ3v) is 3.34. The molecule has 90 valence electrons. The van der Waals surface area contributed by atoms with E-state index in [9.17, 15) is 13.2 Å². The van der Waals surface area contributed by atoms with Gasteiger partial charge >= 0.3 is 5.51 Å². The predicted octanol–water partition coefficient (Wildman–Crippen LogP) is 2.09. The van der Waals surface area contributed by atoms with Crippen LogP contribution in [-0.2, 0) is 0 Å². The SMILES string of the molecule is OCCN(CCSC(F)(F)F)C1CCC1. The summed E-state index contributed by atoms with van der Waals surface area (Å²) in [5, 5.41) is 8.79. The molecule has 0 aromatic heterocycles.